The summed E-state index contributed by atoms with van der Waals surface area (Å²) in [7, 11) is -9.28. The number of fused-ring (bicyclic) bond motifs is 1. The first kappa shape index (κ1) is 14.7. The van der Waals surface area contributed by atoms with Crippen molar-refractivity contribution in [1.29, 1.82) is 0 Å². The Labute approximate surface area is 115 Å². The number of benzene rings is 2. The molecule has 2 rings (SSSR count). The molecular weight excluding hydrogens is 306 g/mol. The van der Waals surface area contributed by atoms with Crippen LogP contribution in [0.25, 0.3) is 10.8 Å². The van der Waals surface area contributed by atoms with Gasteiger partial charge in [0.05, 0.1) is 4.90 Å². The van der Waals surface area contributed by atoms with Crippen LogP contribution in [-0.2, 0) is 20.2 Å². The van der Waals surface area contributed by atoms with Crippen molar-refractivity contribution in [2.45, 2.75) is 16.7 Å². The van der Waals surface area contributed by atoms with Gasteiger partial charge in [-0.3, -0.25) is 9.11 Å². The van der Waals surface area contributed by atoms with Crippen molar-refractivity contribution < 1.29 is 25.9 Å². The molecule has 0 spiro atoms. The molecule has 0 atom stereocenters. The Morgan fingerprint density at radius 1 is 0.950 bits per heavy atom. The molecule has 7 nitrogen and oxygen atoms in total. The summed E-state index contributed by atoms with van der Waals surface area (Å²) in [6, 6.07) is 4.57. The van der Waals surface area contributed by atoms with Gasteiger partial charge in [0, 0.05) is 11.1 Å². The van der Waals surface area contributed by atoms with E-state index in [0.29, 0.717) is 17.3 Å². The monoisotopic (exact) mass is 317 g/mol. The molecule has 0 aromatic heterocycles. The fourth-order valence-electron chi connectivity index (χ4n) is 1.84. The van der Waals surface area contributed by atoms with Gasteiger partial charge in [0.1, 0.15) is 4.90 Å². The van der Waals surface area contributed by atoms with E-state index in [1.165, 1.54) is 12.1 Å². The minimum absolute atomic E-state index is 0.0722. The molecule has 0 fully saturated rings. The Kier molecular flexibility index (Phi) is 3.25. The highest BCUT2D eigenvalue weighted by atomic mass is 32.2. The van der Waals surface area contributed by atoms with Crippen molar-refractivity contribution in [3.63, 3.8) is 0 Å². The van der Waals surface area contributed by atoms with Crippen LogP contribution in [0.1, 0.15) is 5.56 Å². The zero-order chi connectivity index (χ0) is 15.3. The fourth-order valence-corrected chi connectivity index (χ4v) is 3.19. The number of nitrogens with two attached hydrogens (primary N) is 1. The highest BCUT2D eigenvalue weighted by Crippen LogP contribution is 2.30. The van der Waals surface area contributed by atoms with Crippen molar-refractivity contribution in [2.24, 2.45) is 0 Å². The minimum Gasteiger partial charge on any atom is -0.398 e. The molecule has 108 valence electrons. The van der Waals surface area contributed by atoms with Gasteiger partial charge in [0.2, 0.25) is 0 Å². The molecule has 2 aromatic carbocycles. The Balaban J connectivity index is 3.05. The first-order valence-electron chi connectivity index (χ1n) is 5.29. The second kappa shape index (κ2) is 4.42. The van der Waals surface area contributed by atoms with Crippen LogP contribution in [0.3, 0.4) is 0 Å². The lowest BCUT2D eigenvalue weighted by Gasteiger charge is -2.09. The van der Waals surface area contributed by atoms with Crippen molar-refractivity contribution in [1.82, 2.24) is 0 Å². The predicted octanol–water partition coefficient (Wildman–Crippen LogP) is 1.22. The average Bonchev–Trinajstić information content (AvgIpc) is 2.26. The van der Waals surface area contributed by atoms with E-state index < -0.39 is 30.0 Å². The summed E-state index contributed by atoms with van der Waals surface area (Å²) in [5.74, 6) is 0. The Hall–Kier alpha value is -1.68. The lowest BCUT2D eigenvalue weighted by atomic mass is 10.1. The van der Waals surface area contributed by atoms with Gasteiger partial charge < -0.3 is 5.73 Å². The Bertz CT molecular complexity index is 916. The highest BCUT2D eigenvalue weighted by Gasteiger charge is 2.20. The number of hydrogen-bond acceptors (Lipinski definition) is 5. The first-order chi connectivity index (χ1) is 9.00. The van der Waals surface area contributed by atoms with E-state index in [1.807, 2.05) is 0 Å². The van der Waals surface area contributed by atoms with Gasteiger partial charge in [-0.2, -0.15) is 16.8 Å². The zero-order valence-corrected chi connectivity index (χ0v) is 11.9. The molecule has 0 saturated heterocycles. The number of hydrogen-bond donors (Lipinski definition) is 3. The Morgan fingerprint density at radius 3 is 2.05 bits per heavy atom. The maximum absolute atomic E-state index is 11.4. The standard InChI is InChI=1S/C11H11NO6S2/c1-6-2-7-3-8(19(13,14)15)4-11(20(16,17)18)9(7)5-10(6)12/h2-5H,12H2,1H3,(H,13,14,15)(H,16,17,18). The maximum Gasteiger partial charge on any atom is 0.295 e. The lowest BCUT2D eigenvalue weighted by molar-refractivity contribution is 0.482. The van der Waals surface area contributed by atoms with Gasteiger partial charge in [-0.1, -0.05) is 0 Å². The number of nitrogen functional groups attached to an aromatic ring is 1. The number of rotatable bonds is 2. The summed E-state index contributed by atoms with van der Waals surface area (Å²) in [4.78, 5) is -1.25. The number of anilines is 1. The number of aryl methyl sites for hydroxylation is 1. The topological polar surface area (TPSA) is 135 Å². The van der Waals surface area contributed by atoms with Gasteiger partial charge in [-0.25, -0.2) is 0 Å². The smallest absolute Gasteiger partial charge is 0.295 e. The summed E-state index contributed by atoms with van der Waals surface area (Å²) in [5, 5.41) is 0.294. The quantitative estimate of drug-likeness (QED) is 0.560. The Morgan fingerprint density at radius 2 is 1.55 bits per heavy atom. The van der Waals surface area contributed by atoms with E-state index >= 15 is 0 Å². The summed E-state index contributed by atoms with van der Waals surface area (Å²) >= 11 is 0. The summed E-state index contributed by atoms with van der Waals surface area (Å²) in [6.07, 6.45) is 0. The predicted molar refractivity (Wildman–Crippen MR) is 72.7 cm³/mol. The molecule has 0 aliphatic heterocycles. The summed E-state index contributed by atoms with van der Waals surface area (Å²) in [5.41, 5.74) is 6.57. The lowest BCUT2D eigenvalue weighted by Crippen LogP contribution is -2.05. The molecule has 0 aliphatic rings. The third-order valence-corrected chi connectivity index (χ3v) is 4.58. The molecule has 2 aromatic rings. The average molecular weight is 317 g/mol. The minimum atomic E-state index is -4.67. The van der Waals surface area contributed by atoms with E-state index in [2.05, 4.69) is 0 Å². The molecule has 0 amide bonds. The largest absolute Gasteiger partial charge is 0.398 e. The van der Waals surface area contributed by atoms with Crippen LogP contribution in [0, 0.1) is 6.92 Å². The second-order valence-electron chi connectivity index (χ2n) is 4.30. The van der Waals surface area contributed by atoms with Gasteiger partial charge >= 0.3 is 0 Å². The molecule has 0 unspecified atom stereocenters. The summed E-state index contributed by atoms with van der Waals surface area (Å²) in [6.45, 7) is 1.65. The van der Waals surface area contributed by atoms with Gasteiger partial charge in [0.15, 0.2) is 0 Å². The van der Waals surface area contributed by atoms with Crippen molar-refractivity contribution >= 4 is 36.7 Å². The van der Waals surface area contributed by atoms with E-state index in [4.69, 9.17) is 10.3 Å². The molecule has 0 aliphatic carbocycles. The molecule has 4 N–H and O–H groups in total. The molecule has 0 saturated carbocycles. The van der Waals surface area contributed by atoms with Crippen LogP contribution in [0.15, 0.2) is 34.1 Å². The molecular formula is C11H11NO6S2. The van der Waals surface area contributed by atoms with E-state index in [9.17, 15) is 21.4 Å². The van der Waals surface area contributed by atoms with E-state index in [1.54, 1.807) is 6.92 Å². The van der Waals surface area contributed by atoms with Crippen LogP contribution in [-0.4, -0.2) is 25.9 Å². The molecule has 0 bridgehead atoms. The van der Waals surface area contributed by atoms with Crippen LogP contribution in [0.5, 0.6) is 0 Å². The maximum atomic E-state index is 11.4. The zero-order valence-electron chi connectivity index (χ0n) is 10.2. The third kappa shape index (κ3) is 2.61. The molecule has 0 radical (unpaired) electrons. The third-order valence-electron chi connectivity index (χ3n) is 2.85. The SMILES string of the molecule is Cc1cc2cc(S(=O)(=O)O)cc(S(=O)(=O)O)c2cc1N. The van der Waals surface area contributed by atoms with Crippen LogP contribution in [0.2, 0.25) is 0 Å². The second-order valence-corrected chi connectivity index (χ2v) is 7.11. The van der Waals surface area contributed by atoms with Gasteiger partial charge in [0.25, 0.3) is 20.2 Å². The van der Waals surface area contributed by atoms with Gasteiger partial charge in [-0.05, 0) is 42.1 Å². The van der Waals surface area contributed by atoms with E-state index in [-0.39, 0.29) is 10.8 Å². The van der Waals surface area contributed by atoms with Crippen molar-refractivity contribution in [3.05, 3.63) is 29.8 Å². The molecule has 0 heterocycles. The highest BCUT2D eigenvalue weighted by molar-refractivity contribution is 7.86. The van der Waals surface area contributed by atoms with Gasteiger partial charge in [-0.15, -0.1) is 0 Å². The van der Waals surface area contributed by atoms with Crippen LogP contribution in [0.4, 0.5) is 5.69 Å². The van der Waals surface area contributed by atoms with Crippen LogP contribution >= 0.6 is 0 Å². The molecule has 20 heavy (non-hydrogen) atoms. The first-order valence-corrected chi connectivity index (χ1v) is 8.17. The normalized spacial score (nSPS) is 12.8. The van der Waals surface area contributed by atoms with Crippen molar-refractivity contribution in [2.75, 3.05) is 5.73 Å². The fraction of sp³-hybridized carbons (Fsp3) is 0.0909. The molecule has 9 heteroatoms. The van der Waals surface area contributed by atoms with Crippen molar-refractivity contribution in [3.8, 4) is 0 Å². The van der Waals surface area contributed by atoms with Crippen LogP contribution < -0.4 is 5.73 Å². The summed E-state index contributed by atoms with van der Waals surface area (Å²) < 4.78 is 63.3. The van der Waals surface area contributed by atoms with E-state index in [0.717, 1.165) is 6.07 Å².